The molecule has 0 N–H and O–H groups in total. The van der Waals surface area contributed by atoms with Crippen LogP contribution in [0, 0.1) is 5.82 Å². The predicted octanol–water partition coefficient (Wildman–Crippen LogP) is 3.83. The topological polar surface area (TPSA) is 47.9 Å². The van der Waals surface area contributed by atoms with Gasteiger partial charge in [0.15, 0.2) is 5.70 Å². The van der Waals surface area contributed by atoms with Crippen molar-refractivity contribution in [2.45, 2.75) is 0 Å². The zero-order valence-corrected chi connectivity index (χ0v) is 12.8. The average Bonchev–Trinajstić information content (AvgIpc) is 2.90. The molecule has 3 rings (SSSR count). The molecule has 0 radical (unpaired) electrons. The number of methoxy groups -OCH3 is 1. The number of rotatable bonds is 3. The molecule has 6 heteroatoms. The minimum atomic E-state index is -0.657. The normalized spacial score (nSPS) is 15.5. The number of benzene rings is 2. The Morgan fingerprint density at radius 2 is 2.04 bits per heavy atom. The van der Waals surface area contributed by atoms with Crippen molar-refractivity contribution in [2.75, 3.05) is 7.11 Å². The number of cyclic esters (lactones) is 1. The van der Waals surface area contributed by atoms with E-state index in [-0.39, 0.29) is 17.2 Å². The maximum absolute atomic E-state index is 13.7. The lowest BCUT2D eigenvalue weighted by molar-refractivity contribution is -0.129. The quantitative estimate of drug-likeness (QED) is 0.634. The lowest BCUT2D eigenvalue weighted by atomic mass is 10.2. The van der Waals surface area contributed by atoms with Crippen molar-refractivity contribution in [3.63, 3.8) is 0 Å². The van der Waals surface area contributed by atoms with Gasteiger partial charge in [-0.1, -0.05) is 29.8 Å². The number of aliphatic imine (C=N–C) groups is 1. The molecule has 1 heterocycles. The van der Waals surface area contributed by atoms with Crippen LogP contribution in [-0.2, 0) is 9.53 Å². The number of ether oxygens (including phenoxy) is 2. The van der Waals surface area contributed by atoms with Crippen molar-refractivity contribution >= 4 is 29.5 Å². The van der Waals surface area contributed by atoms with Crippen molar-refractivity contribution in [1.29, 1.82) is 0 Å². The lowest BCUT2D eigenvalue weighted by Crippen LogP contribution is -2.06. The van der Waals surface area contributed by atoms with E-state index in [1.807, 2.05) is 0 Å². The largest absolute Gasteiger partial charge is 0.497 e. The van der Waals surface area contributed by atoms with Crippen molar-refractivity contribution in [3.05, 3.63) is 70.1 Å². The summed E-state index contributed by atoms with van der Waals surface area (Å²) in [5, 5.41) is 0.336. The van der Waals surface area contributed by atoms with E-state index in [1.165, 1.54) is 19.3 Å². The van der Waals surface area contributed by atoms with Crippen LogP contribution in [0.2, 0.25) is 5.02 Å². The third-order valence-electron chi connectivity index (χ3n) is 3.22. The number of hydrogen-bond acceptors (Lipinski definition) is 4. The number of carbonyl (C=O) groups is 1. The Kier molecular flexibility index (Phi) is 4.12. The van der Waals surface area contributed by atoms with Crippen LogP contribution in [0.5, 0.6) is 5.75 Å². The number of carbonyl (C=O) groups excluding carboxylic acids is 1. The highest BCUT2D eigenvalue weighted by atomic mass is 35.5. The summed E-state index contributed by atoms with van der Waals surface area (Å²) in [6, 6.07) is 11.0. The third-order valence-corrected chi connectivity index (χ3v) is 3.54. The molecular weight excluding hydrogens is 321 g/mol. The molecule has 0 atom stereocenters. The molecule has 0 saturated heterocycles. The molecular formula is C17H11ClFNO3. The van der Waals surface area contributed by atoms with Crippen LogP contribution in [0.1, 0.15) is 11.1 Å². The van der Waals surface area contributed by atoms with Crippen molar-refractivity contribution in [2.24, 2.45) is 4.99 Å². The van der Waals surface area contributed by atoms with E-state index in [0.29, 0.717) is 16.3 Å². The van der Waals surface area contributed by atoms with Gasteiger partial charge in [-0.05, 0) is 30.3 Å². The maximum atomic E-state index is 13.7. The summed E-state index contributed by atoms with van der Waals surface area (Å²) < 4.78 is 23.8. The molecule has 0 spiro atoms. The highest BCUT2D eigenvalue weighted by Gasteiger charge is 2.26. The van der Waals surface area contributed by atoms with Gasteiger partial charge in [0.2, 0.25) is 5.90 Å². The molecule has 4 nitrogen and oxygen atoms in total. The molecule has 2 aromatic rings. The number of nitrogens with zero attached hydrogens (tertiary/aromatic N) is 1. The van der Waals surface area contributed by atoms with E-state index in [9.17, 15) is 9.18 Å². The summed E-state index contributed by atoms with van der Waals surface area (Å²) in [7, 11) is 1.52. The second-order valence-corrected chi connectivity index (χ2v) is 5.11. The first-order valence-electron chi connectivity index (χ1n) is 6.69. The van der Waals surface area contributed by atoms with Gasteiger partial charge in [0.25, 0.3) is 0 Å². The zero-order valence-electron chi connectivity index (χ0n) is 12.0. The fourth-order valence-corrected chi connectivity index (χ4v) is 2.31. The molecule has 1 aliphatic heterocycles. The van der Waals surface area contributed by atoms with E-state index in [2.05, 4.69) is 4.99 Å². The van der Waals surface area contributed by atoms with Crippen LogP contribution in [0.4, 0.5) is 4.39 Å². The smallest absolute Gasteiger partial charge is 0.363 e. The summed E-state index contributed by atoms with van der Waals surface area (Å²) in [5.74, 6) is -0.454. The Bertz CT molecular complexity index is 845. The molecule has 0 saturated carbocycles. The highest BCUT2D eigenvalue weighted by Crippen LogP contribution is 2.27. The Balaban J connectivity index is 1.97. The van der Waals surface area contributed by atoms with E-state index >= 15 is 0 Å². The zero-order chi connectivity index (χ0) is 16.4. The summed E-state index contributed by atoms with van der Waals surface area (Å²) in [6.07, 6.45) is 1.34. The summed E-state index contributed by atoms with van der Waals surface area (Å²) in [4.78, 5) is 16.0. The minimum absolute atomic E-state index is 0.0111. The van der Waals surface area contributed by atoms with E-state index in [1.54, 1.807) is 36.4 Å². The van der Waals surface area contributed by atoms with Gasteiger partial charge in [0.05, 0.1) is 17.7 Å². The molecule has 0 amide bonds. The first kappa shape index (κ1) is 15.2. The van der Waals surface area contributed by atoms with Crippen LogP contribution in [0.3, 0.4) is 0 Å². The molecule has 0 aromatic heterocycles. The monoisotopic (exact) mass is 331 g/mol. The van der Waals surface area contributed by atoms with E-state index in [0.717, 1.165) is 0 Å². The van der Waals surface area contributed by atoms with Crippen molar-refractivity contribution in [1.82, 2.24) is 0 Å². The van der Waals surface area contributed by atoms with Crippen LogP contribution in [-0.4, -0.2) is 19.0 Å². The summed E-state index contributed by atoms with van der Waals surface area (Å²) in [6.45, 7) is 0. The number of halogens is 2. The van der Waals surface area contributed by atoms with Crippen LogP contribution < -0.4 is 4.74 Å². The van der Waals surface area contributed by atoms with Crippen LogP contribution in [0.15, 0.2) is 53.2 Å². The number of hydrogen-bond donors (Lipinski definition) is 0. The Hall–Kier alpha value is -2.66. The van der Waals surface area contributed by atoms with Gasteiger partial charge < -0.3 is 9.47 Å². The summed E-state index contributed by atoms with van der Waals surface area (Å²) in [5.41, 5.74) is 0.722. The van der Waals surface area contributed by atoms with Gasteiger partial charge in [-0.2, -0.15) is 0 Å². The molecule has 0 fully saturated rings. The fraction of sp³-hybridized carbons (Fsp3) is 0.0588. The minimum Gasteiger partial charge on any atom is -0.497 e. The van der Waals surface area contributed by atoms with Crippen molar-refractivity contribution < 1.29 is 18.7 Å². The van der Waals surface area contributed by atoms with E-state index in [4.69, 9.17) is 21.1 Å². The second-order valence-electron chi connectivity index (χ2n) is 4.70. The Labute approximate surface area is 136 Å². The first-order chi connectivity index (χ1) is 11.1. The lowest BCUT2D eigenvalue weighted by Gasteiger charge is -2.05. The van der Waals surface area contributed by atoms with Gasteiger partial charge in [-0.25, -0.2) is 14.2 Å². The Morgan fingerprint density at radius 1 is 1.26 bits per heavy atom. The van der Waals surface area contributed by atoms with Crippen LogP contribution >= 0.6 is 11.6 Å². The second kappa shape index (κ2) is 6.22. The third kappa shape index (κ3) is 3.10. The molecule has 116 valence electrons. The molecule has 2 aromatic carbocycles. The van der Waals surface area contributed by atoms with Gasteiger partial charge in [0.1, 0.15) is 11.6 Å². The van der Waals surface area contributed by atoms with Crippen molar-refractivity contribution in [3.8, 4) is 5.75 Å². The van der Waals surface area contributed by atoms with E-state index < -0.39 is 11.8 Å². The highest BCUT2D eigenvalue weighted by molar-refractivity contribution is 6.34. The standard InChI is InChI=1S/C17H11ClFNO3/c1-22-11-6-7-12(13(18)9-11)16-20-15(17(21)23-16)8-10-4-2-3-5-14(10)19/h2-9H,1H3/b15-8-. The van der Waals surface area contributed by atoms with Gasteiger partial charge >= 0.3 is 5.97 Å². The fourth-order valence-electron chi connectivity index (χ4n) is 2.06. The summed E-state index contributed by atoms with van der Waals surface area (Å²) >= 11 is 6.14. The molecule has 0 aliphatic carbocycles. The number of esters is 1. The SMILES string of the molecule is COc1ccc(C2=N/C(=C\c3ccccc3F)C(=O)O2)c(Cl)c1. The van der Waals surface area contributed by atoms with Gasteiger partial charge in [-0.3, -0.25) is 0 Å². The maximum Gasteiger partial charge on any atom is 0.363 e. The predicted molar refractivity (Wildman–Crippen MR) is 85.0 cm³/mol. The molecule has 1 aliphatic rings. The molecule has 23 heavy (non-hydrogen) atoms. The van der Waals surface area contributed by atoms with Gasteiger partial charge in [0, 0.05) is 5.56 Å². The van der Waals surface area contributed by atoms with Gasteiger partial charge in [-0.15, -0.1) is 0 Å². The molecule has 0 unspecified atom stereocenters. The average molecular weight is 332 g/mol. The molecule has 0 bridgehead atoms. The van der Waals surface area contributed by atoms with Crippen LogP contribution in [0.25, 0.3) is 6.08 Å². The first-order valence-corrected chi connectivity index (χ1v) is 7.07. The Morgan fingerprint density at radius 3 is 2.74 bits per heavy atom.